The molecule has 2 aliphatic rings. The summed E-state index contributed by atoms with van der Waals surface area (Å²) in [7, 11) is 0. The Labute approximate surface area is 153 Å². The molecule has 1 saturated heterocycles. The molecule has 0 radical (unpaired) electrons. The summed E-state index contributed by atoms with van der Waals surface area (Å²) in [5.41, 5.74) is 5.10. The highest BCUT2D eigenvalue weighted by Crippen LogP contribution is 2.41. The molecular weight excluding hydrogens is 361 g/mol. The molecule has 0 unspecified atom stereocenters. The number of rotatable bonds is 3. The lowest BCUT2D eigenvalue weighted by atomic mass is 10.0. The Morgan fingerprint density at radius 2 is 2.00 bits per heavy atom. The summed E-state index contributed by atoms with van der Waals surface area (Å²) < 4.78 is 16.8. The molecule has 4 N–H and O–H groups in total. The molecule has 26 heavy (non-hydrogen) atoms. The zero-order valence-corrected chi connectivity index (χ0v) is 15.2. The molecule has 1 aliphatic carbocycles. The van der Waals surface area contributed by atoms with E-state index in [-0.39, 0.29) is 39.6 Å². The summed E-state index contributed by atoms with van der Waals surface area (Å²) >= 11 is 6.57. The van der Waals surface area contributed by atoms with Gasteiger partial charge in [0.05, 0.1) is 21.6 Å². The van der Waals surface area contributed by atoms with Crippen molar-refractivity contribution in [2.75, 3.05) is 23.8 Å². The van der Waals surface area contributed by atoms with Crippen molar-refractivity contribution in [2.45, 2.75) is 38.3 Å². The minimum atomic E-state index is -0.746. The maximum Gasteiger partial charge on any atom is 0.350 e. The smallest absolute Gasteiger partial charge is 0.350 e. The normalized spacial score (nSPS) is 21.5. The van der Waals surface area contributed by atoms with Crippen LogP contribution in [0.5, 0.6) is 0 Å². The summed E-state index contributed by atoms with van der Waals surface area (Å²) in [6.45, 7) is 3.14. The lowest BCUT2D eigenvalue weighted by Crippen LogP contribution is -2.44. The minimum Gasteiger partial charge on any atom is -0.368 e. The fourth-order valence-electron chi connectivity index (χ4n) is 3.81. The van der Waals surface area contributed by atoms with Gasteiger partial charge in [0.1, 0.15) is 5.82 Å². The fraction of sp³-hybridized carbons (Fsp3) is 0.529. The number of hydrogen-bond acceptors (Lipinski definition) is 5. The average Bonchev–Trinajstić information content (AvgIpc) is 3.30. The van der Waals surface area contributed by atoms with Crippen molar-refractivity contribution in [3.63, 3.8) is 0 Å². The monoisotopic (exact) mass is 381 g/mol. The first kappa shape index (κ1) is 17.4. The van der Waals surface area contributed by atoms with Crippen LogP contribution in [0.4, 0.5) is 10.1 Å². The van der Waals surface area contributed by atoms with Crippen LogP contribution in [-0.2, 0) is 0 Å². The number of nitrogens with zero attached hydrogens (tertiary/aromatic N) is 3. The first-order chi connectivity index (χ1) is 12.3. The van der Waals surface area contributed by atoms with Crippen LogP contribution in [0.1, 0.15) is 32.2 Å². The van der Waals surface area contributed by atoms with Gasteiger partial charge in [0.15, 0.2) is 0 Å². The van der Waals surface area contributed by atoms with Gasteiger partial charge in [0.2, 0.25) is 0 Å². The summed E-state index contributed by atoms with van der Waals surface area (Å²) in [5, 5.41) is 0.111. The van der Waals surface area contributed by atoms with Gasteiger partial charge in [-0.15, -0.1) is 0 Å². The zero-order valence-electron chi connectivity index (χ0n) is 14.4. The number of benzene rings is 1. The summed E-state index contributed by atoms with van der Waals surface area (Å²) in [4.78, 5) is 26.8. The second-order valence-corrected chi connectivity index (χ2v) is 7.71. The van der Waals surface area contributed by atoms with E-state index in [0.717, 1.165) is 25.3 Å². The molecule has 2 aromatic rings. The summed E-state index contributed by atoms with van der Waals surface area (Å²) in [6, 6.07) is 1.07. The maximum absolute atomic E-state index is 14.9. The third kappa shape index (κ3) is 2.51. The largest absolute Gasteiger partial charge is 0.368 e. The quantitative estimate of drug-likeness (QED) is 0.778. The molecule has 0 amide bonds. The standard InChI is InChI=1S/C17H21ClFN5O2/c1-8(20)9-4-5-22(7-9)15-12(19)6-11-14(13(15)18)23(10-2-3-10)17(26)24(21)16(11)25/h6,8-10H,2-5,7,20-21H2,1H3/t8-,9+/m0/s1. The Hall–Kier alpha value is -2.06. The molecule has 0 spiro atoms. The van der Waals surface area contributed by atoms with E-state index in [1.807, 2.05) is 11.8 Å². The molecule has 9 heteroatoms. The molecule has 2 fully saturated rings. The van der Waals surface area contributed by atoms with Crippen LogP contribution in [0.2, 0.25) is 5.02 Å². The van der Waals surface area contributed by atoms with Crippen molar-refractivity contribution in [1.29, 1.82) is 0 Å². The van der Waals surface area contributed by atoms with Crippen molar-refractivity contribution in [2.24, 2.45) is 11.7 Å². The molecule has 1 saturated carbocycles. The molecule has 140 valence electrons. The molecule has 1 aromatic heterocycles. The van der Waals surface area contributed by atoms with Crippen LogP contribution in [0.15, 0.2) is 15.7 Å². The Morgan fingerprint density at radius 1 is 1.31 bits per heavy atom. The van der Waals surface area contributed by atoms with E-state index in [1.54, 1.807) is 0 Å². The van der Waals surface area contributed by atoms with Gasteiger partial charge in [0.25, 0.3) is 5.56 Å². The highest BCUT2D eigenvalue weighted by atomic mass is 35.5. The average molecular weight is 382 g/mol. The molecule has 1 aliphatic heterocycles. The molecule has 0 bridgehead atoms. The van der Waals surface area contributed by atoms with Gasteiger partial charge in [-0.1, -0.05) is 11.6 Å². The molecule has 1 aromatic carbocycles. The second-order valence-electron chi connectivity index (χ2n) is 7.33. The third-order valence-corrected chi connectivity index (χ3v) is 5.83. The van der Waals surface area contributed by atoms with E-state index in [1.165, 1.54) is 4.57 Å². The van der Waals surface area contributed by atoms with E-state index in [4.69, 9.17) is 23.2 Å². The first-order valence-corrected chi connectivity index (χ1v) is 9.14. The Kier molecular flexibility index (Phi) is 4.00. The number of nitrogen functional groups attached to an aromatic ring is 1. The van der Waals surface area contributed by atoms with Crippen LogP contribution >= 0.6 is 11.6 Å². The number of hydrogen-bond donors (Lipinski definition) is 2. The van der Waals surface area contributed by atoms with Crippen LogP contribution in [0.3, 0.4) is 0 Å². The van der Waals surface area contributed by atoms with E-state index >= 15 is 0 Å². The first-order valence-electron chi connectivity index (χ1n) is 8.76. The third-order valence-electron chi connectivity index (χ3n) is 5.47. The van der Waals surface area contributed by atoms with E-state index in [0.29, 0.717) is 17.8 Å². The SMILES string of the molecule is C[C@H](N)[C@@H]1CCN(c2c(F)cc3c(=O)n(N)c(=O)n(C4CC4)c3c2Cl)C1. The zero-order chi connectivity index (χ0) is 18.7. The van der Waals surface area contributed by atoms with E-state index in [2.05, 4.69) is 0 Å². The van der Waals surface area contributed by atoms with Gasteiger partial charge < -0.3 is 16.5 Å². The van der Waals surface area contributed by atoms with Gasteiger partial charge in [-0.25, -0.2) is 9.18 Å². The fourth-order valence-corrected chi connectivity index (χ4v) is 4.21. The van der Waals surface area contributed by atoms with Crippen LogP contribution < -0.4 is 27.7 Å². The maximum atomic E-state index is 14.9. The molecule has 2 heterocycles. The number of fused-ring (bicyclic) bond motifs is 1. The predicted molar refractivity (Wildman–Crippen MR) is 99.8 cm³/mol. The van der Waals surface area contributed by atoms with Crippen molar-refractivity contribution in [3.05, 3.63) is 37.7 Å². The summed E-state index contributed by atoms with van der Waals surface area (Å²) in [5.74, 6) is 5.26. The van der Waals surface area contributed by atoms with Crippen LogP contribution in [-0.4, -0.2) is 28.4 Å². The van der Waals surface area contributed by atoms with Gasteiger partial charge in [0, 0.05) is 25.2 Å². The van der Waals surface area contributed by atoms with Crippen LogP contribution in [0.25, 0.3) is 10.9 Å². The summed E-state index contributed by atoms with van der Waals surface area (Å²) in [6.07, 6.45) is 2.44. The Bertz CT molecular complexity index is 1010. The van der Waals surface area contributed by atoms with Gasteiger partial charge >= 0.3 is 5.69 Å². The van der Waals surface area contributed by atoms with Crippen LogP contribution in [0, 0.1) is 11.7 Å². The molecular formula is C17H21ClFN5O2. The molecule has 4 rings (SSSR count). The topological polar surface area (TPSA) is 99.3 Å². The van der Waals surface area contributed by atoms with E-state index in [9.17, 15) is 14.0 Å². The lowest BCUT2D eigenvalue weighted by molar-refractivity contribution is 0.487. The number of halogens is 2. The molecule has 2 atom stereocenters. The lowest BCUT2D eigenvalue weighted by Gasteiger charge is -2.23. The number of nitrogens with two attached hydrogens (primary N) is 2. The van der Waals surface area contributed by atoms with Crippen molar-refractivity contribution in [1.82, 2.24) is 9.24 Å². The van der Waals surface area contributed by atoms with Gasteiger partial charge in [-0.3, -0.25) is 9.36 Å². The number of anilines is 1. The van der Waals surface area contributed by atoms with Crippen molar-refractivity contribution in [3.8, 4) is 0 Å². The molecule has 7 nitrogen and oxygen atoms in total. The predicted octanol–water partition coefficient (Wildman–Crippen LogP) is 1.18. The van der Waals surface area contributed by atoms with Crippen molar-refractivity contribution >= 4 is 28.2 Å². The minimum absolute atomic E-state index is 0.00335. The Balaban J connectivity index is 1.97. The highest BCUT2D eigenvalue weighted by molar-refractivity contribution is 6.38. The second kappa shape index (κ2) is 5.99. The Morgan fingerprint density at radius 3 is 2.58 bits per heavy atom. The number of aromatic nitrogens is 2. The van der Waals surface area contributed by atoms with Crippen molar-refractivity contribution < 1.29 is 4.39 Å². The van der Waals surface area contributed by atoms with Gasteiger partial charge in [-0.05, 0) is 38.2 Å². The van der Waals surface area contributed by atoms with Gasteiger partial charge in [-0.2, -0.15) is 4.68 Å². The highest BCUT2D eigenvalue weighted by Gasteiger charge is 2.33. The van der Waals surface area contributed by atoms with E-state index < -0.39 is 17.1 Å².